The van der Waals surface area contributed by atoms with Gasteiger partial charge in [-0.05, 0) is 19.9 Å². The fourth-order valence-corrected chi connectivity index (χ4v) is 1.62. The standard InChI is InChI=1S/C12H16F3N3O/c1-3-17-10-5-6-16-7-9(10)11(19)18(4-2)8-12(13,14)15/h5-7H,3-4,8H2,1-2H3,(H,16,17). The molecule has 1 N–H and O–H groups in total. The second kappa shape index (κ2) is 6.40. The van der Waals surface area contributed by atoms with Crippen LogP contribution in [-0.2, 0) is 0 Å². The molecule has 0 unspecified atom stereocenters. The molecule has 0 saturated carbocycles. The number of alkyl halides is 3. The lowest BCUT2D eigenvalue weighted by Gasteiger charge is -2.23. The van der Waals surface area contributed by atoms with Crippen molar-refractivity contribution in [3.8, 4) is 0 Å². The van der Waals surface area contributed by atoms with Gasteiger partial charge in [-0.2, -0.15) is 13.2 Å². The van der Waals surface area contributed by atoms with Crippen molar-refractivity contribution in [1.82, 2.24) is 9.88 Å². The first-order valence-electron chi connectivity index (χ1n) is 5.93. The molecule has 0 saturated heterocycles. The predicted octanol–water partition coefficient (Wildman–Crippen LogP) is 2.54. The van der Waals surface area contributed by atoms with Crippen molar-refractivity contribution < 1.29 is 18.0 Å². The number of hydrogen-bond donors (Lipinski definition) is 1. The second-order valence-electron chi connectivity index (χ2n) is 3.89. The van der Waals surface area contributed by atoms with E-state index in [1.807, 2.05) is 6.92 Å². The maximum Gasteiger partial charge on any atom is 0.406 e. The number of rotatable bonds is 5. The van der Waals surface area contributed by atoms with Crippen LogP contribution in [0.15, 0.2) is 18.5 Å². The first-order valence-corrected chi connectivity index (χ1v) is 5.93. The maximum atomic E-state index is 12.4. The minimum absolute atomic E-state index is 0.0151. The number of pyridine rings is 1. The van der Waals surface area contributed by atoms with Crippen LogP contribution < -0.4 is 5.32 Å². The Hall–Kier alpha value is -1.79. The second-order valence-corrected chi connectivity index (χ2v) is 3.89. The first kappa shape index (κ1) is 15.3. The number of carbonyl (C=O) groups excluding carboxylic acids is 1. The molecule has 0 radical (unpaired) electrons. The van der Waals surface area contributed by atoms with Crippen LogP contribution in [0.4, 0.5) is 18.9 Å². The quantitative estimate of drug-likeness (QED) is 0.898. The highest BCUT2D eigenvalue weighted by Crippen LogP contribution is 2.20. The number of carbonyl (C=O) groups is 1. The largest absolute Gasteiger partial charge is 0.406 e. The first-order chi connectivity index (χ1) is 8.89. The van der Waals surface area contributed by atoms with Crippen molar-refractivity contribution in [3.05, 3.63) is 24.0 Å². The third kappa shape index (κ3) is 4.42. The number of nitrogens with zero attached hydrogens (tertiary/aromatic N) is 2. The van der Waals surface area contributed by atoms with Crippen molar-refractivity contribution >= 4 is 11.6 Å². The molecule has 19 heavy (non-hydrogen) atoms. The minimum atomic E-state index is -4.41. The van der Waals surface area contributed by atoms with E-state index < -0.39 is 18.6 Å². The van der Waals surface area contributed by atoms with E-state index in [0.717, 1.165) is 4.90 Å². The molecular formula is C12H16F3N3O. The van der Waals surface area contributed by atoms with Gasteiger partial charge in [-0.15, -0.1) is 0 Å². The van der Waals surface area contributed by atoms with E-state index in [1.165, 1.54) is 19.3 Å². The topological polar surface area (TPSA) is 45.2 Å². The van der Waals surface area contributed by atoms with Crippen LogP contribution in [0.1, 0.15) is 24.2 Å². The Kier molecular flexibility index (Phi) is 5.14. The Morgan fingerprint density at radius 1 is 1.42 bits per heavy atom. The van der Waals surface area contributed by atoms with Crippen LogP contribution in [0, 0.1) is 0 Å². The molecule has 1 aromatic heterocycles. The summed E-state index contributed by atoms with van der Waals surface area (Å²) in [6, 6.07) is 1.57. The lowest BCUT2D eigenvalue weighted by Crippen LogP contribution is -2.39. The van der Waals surface area contributed by atoms with Crippen molar-refractivity contribution in [1.29, 1.82) is 0 Å². The Bertz CT molecular complexity index is 434. The molecule has 1 aromatic rings. The Morgan fingerprint density at radius 3 is 2.63 bits per heavy atom. The van der Waals surface area contributed by atoms with Gasteiger partial charge in [0.1, 0.15) is 6.54 Å². The summed E-state index contributed by atoms with van der Waals surface area (Å²) in [7, 11) is 0. The molecule has 0 aliphatic carbocycles. The van der Waals surface area contributed by atoms with E-state index in [4.69, 9.17) is 0 Å². The molecule has 0 atom stereocenters. The van der Waals surface area contributed by atoms with Crippen LogP contribution in [-0.4, -0.2) is 41.6 Å². The molecule has 1 rings (SSSR count). The van der Waals surface area contributed by atoms with Gasteiger partial charge in [-0.1, -0.05) is 0 Å². The average molecular weight is 275 g/mol. The number of amides is 1. The monoisotopic (exact) mass is 275 g/mol. The summed E-state index contributed by atoms with van der Waals surface area (Å²) in [4.78, 5) is 16.6. The van der Waals surface area contributed by atoms with Gasteiger partial charge in [-0.25, -0.2) is 0 Å². The van der Waals surface area contributed by atoms with Gasteiger partial charge in [0.05, 0.1) is 11.3 Å². The maximum absolute atomic E-state index is 12.4. The zero-order valence-corrected chi connectivity index (χ0v) is 10.8. The summed E-state index contributed by atoms with van der Waals surface area (Å²) in [5, 5.41) is 2.93. The number of nitrogens with one attached hydrogen (secondary N) is 1. The fourth-order valence-electron chi connectivity index (χ4n) is 1.62. The van der Waals surface area contributed by atoms with Gasteiger partial charge in [0.15, 0.2) is 0 Å². The lowest BCUT2D eigenvalue weighted by atomic mass is 10.2. The van der Waals surface area contributed by atoms with Gasteiger partial charge >= 0.3 is 6.18 Å². The van der Waals surface area contributed by atoms with E-state index >= 15 is 0 Å². The number of anilines is 1. The molecule has 1 heterocycles. The third-order valence-electron chi connectivity index (χ3n) is 2.46. The zero-order valence-electron chi connectivity index (χ0n) is 10.8. The summed E-state index contributed by atoms with van der Waals surface area (Å²) in [5.41, 5.74) is 0.638. The summed E-state index contributed by atoms with van der Waals surface area (Å²) in [6.45, 7) is 2.63. The molecular weight excluding hydrogens is 259 g/mol. The Balaban J connectivity index is 2.97. The SMILES string of the molecule is CCNc1ccncc1C(=O)N(CC)CC(F)(F)F. The molecule has 106 valence electrons. The highest BCUT2D eigenvalue weighted by Gasteiger charge is 2.33. The number of aromatic nitrogens is 1. The lowest BCUT2D eigenvalue weighted by molar-refractivity contribution is -0.140. The third-order valence-corrected chi connectivity index (χ3v) is 2.46. The minimum Gasteiger partial charge on any atom is -0.385 e. The van der Waals surface area contributed by atoms with E-state index in [2.05, 4.69) is 10.3 Å². The van der Waals surface area contributed by atoms with Crippen LogP contribution >= 0.6 is 0 Å². The van der Waals surface area contributed by atoms with Gasteiger partial charge in [-0.3, -0.25) is 9.78 Å². The summed E-state index contributed by atoms with van der Waals surface area (Å²) in [6.07, 6.45) is -1.65. The fraction of sp³-hybridized carbons (Fsp3) is 0.500. The van der Waals surface area contributed by atoms with Gasteiger partial charge in [0.2, 0.25) is 0 Å². The number of halogens is 3. The number of hydrogen-bond acceptors (Lipinski definition) is 3. The highest BCUT2D eigenvalue weighted by atomic mass is 19.4. The molecule has 0 aliphatic heterocycles. The van der Waals surface area contributed by atoms with Crippen LogP contribution in [0.25, 0.3) is 0 Å². The molecule has 0 spiro atoms. The highest BCUT2D eigenvalue weighted by molar-refractivity contribution is 5.99. The van der Waals surface area contributed by atoms with E-state index in [-0.39, 0.29) is 12.1 Å². The summed E-state index contributed by atoms with van der Waals surface area (Å²) >= 11 is 0. The van der Waals surface area contributed by atoms with Crippen molar-refractivity contribution in [2.75, 3.05) is 25.0 Å². The van der Waals surface area contributed by atoms with E-state index in [1.54, 1.807) is 6.07 Å². The zero-order chi connectivity index (χ0) is 14.5. The smallest absolute Gasteiger partial charge is 0.385 e. The van der Waals surface area contributed by atoms with Crippen molar-refractivity contribution in [2.24, 2.45) is 0 Å². The van der Waals surface area contributed by atoms with Crippen molar-refractivity contribution in [2.45, 2.75) is 20.0 Å². The van der Waals surface area contributed by atoms with Crippen LogP contribution in [0.5, 0.6) is 0 Å². The van der Waals surface area contributed by atoms with E-state index in [9.17, 15) is 18.0 Å². The Labute approximate surface area is 109 Å². The molecule has 0 aliphatic rings. The Morgan fingerprint density at radius 2 is 2.11 bits per heavy atom. The average Bonchev–Trinajstić information content (AvgIpc) is 2.35. The van der Waals surface area contributed by atoms with Crippen LogP contribution in [0.2, 0.25) is 0 Å². The van der Waals surface area contributed by atoms with E-state index in [0.29, 0.717) is 12.2 Å². The summed E-state index contributed by atoms with van der Waals surface area (Å²) in [5.74, 6) is -0.677. The molecule has 0 aromatic carbocycles. The van der Waals surface area contributed by atoms with Gasteiger partial charge < -0.3 is 10.2 Å². The van der Waals surface area contributed by atoms with Crippen LogP contribution in [0.3, 0.4) is 0 Å². The molecule has 0 bridgehead atoms. The molecule has 1 amide bonds. The normalized spacial score (nSPS) is 11.2. The molecule has 4 nitrogen and oxygen atoms in total. The van der Waals surface area contributed by atoms with Gasteiger partial charge in [0.25, 0.3) is 5.91 Å². The molecule has 0 fully saturated rings. The summed E-state index contributed by atoms with van der Waals surface area (Å²) < 4.78 is 37.2. The van der Waals surface area contributed by atoms with Gasteiger partial charge in [0, 0.05) is 25.5 Å². The molecule has 7 heteroatoms. The van der Waals surface area contributed by atoms with Crippen molar-refractivity contribution in [3.63, 3.8) is 0 Å². The predicted molar refractivity (Wildman–Crippen MR) is 66.0 cm³/mol.